The maximum absolute atomic E-state index is 13.3. The van der Waals surface area contributed by atoms with Crippen LogP contribution in [0.4, 0.5) is 26.3 Å². The summed E-state index contributed by atoms with van der Waals surface area (Å²) in [6.45, 7) is 0. The average Bonchev–Trinajstić information content (AvgIpc) is 3.76. The standard InChI is InChI=1S/C37H26F6.2CH3.Hf/c38-36(39,40)27-13-9-23(10-14-27)31-7-3-5-25-19-29(21-33(25)31)35(17-1-2-18-35)30-20-26-6-4-8-32(34(26)22-30)24-11-15-28(16-12-24)37(41,42)43;;;/h3-16,19-22H,1-2,17-18H2;2*1H3;. The first-order chi connectivity index (χ1) is 21.8. The number of hydrogen-bond acceptors (Lipinski definition) is 0. The molecule has 2 atom stereocenters. The number of alkyl halides is 6. The Kier molecular flexibility index (Phi) is 6.66. The molecule has 4 aliphatic rings. The van der Waals surface area contributed by atoms with E-state index in [1.54, 1.807) is 24.3 Å². The van der Waals surface area contributed by atoms with Crippen LogP contribution in [0.1, 0.15) is 66.4 Å². The number of hydrogen-bond donors (Lipinski definition) is 0. The van der Waals surface area contributed by atoms with E-state index in [9.17, 15) is 26.3 Å². The molecule has 1 heterocycles. The van der Waals surface area contributed by atoms with E-state index in [-0.39, 0.29) is 5.41 Å². The van der Waals surface area contributed by atoms with Gasteiger partial charge in [-0.2, -0.15) is 0 Å². The van der Waals surface area contributed by atoms with Gasteiger partial charge in [0.2, 0.25) is 0 Å². The predicted molar refractivity (Wildman–Crippen MR) is 168 cm³/mol. The van der Waals surface area contributed by atoms with Crippen molar-refractivity contribution >= 4 is 12.2 Å². The normalized spacial score (nSPS) is 22.2. The molecule has 2 fully saturated rings. The van der Waals surface area contributed by atoms with Crippen LogP contribution in [-0.2, 0) is 32.3 Å². The average molecular weight is 793 g/mol. The van der Waals surface area contributed by atoms with E-state index in [0.29, 0.717) is 7.35 Å². The van der Waals surface area contributed by atoms with Crippen molar-refractivity contribution in [3.8, 4) is 22.3 Å². The fraction of sp³-hybridized carbons (Fsp3) is 0.282. The minimum atomic E-state index is -4.38. The molecule has 4 aromatic carbocycles. The van der Waals surface area contributed by atoms with Crippen LogP contribution in [0.15, 0.2) is 96.1 Å². The van der Waals surface area contributed by atoms with Crippen LogP contribution in [0, 0.1) is 5.41 Å². The van der Waals surface area contributed by atoms with E-state index >= 15 is 0 Å². The molecule has 0 radical (unpaired) electrons. The van der Waals surface area contributed by atoms with Gasteiger partial charge in [0.25, 0.3) is 0 Å². The summed E-state index contributed by atoms with van der Waals surface area (Å²) in [5.41, 5.74) is 10.1. The molecule has 234 valence electrons. The van der Waals surface area contributed by atoms with Crippen LogP contribution in [0.3, 0.4) is 0 Å². The van der Waals surface area contributed by atoms with Gasteiger partial charge in [-0.15, -0.1) is 0 Å². The zero-order valence-corrected chi connectivity index (χ0v) is 29.1. The summed E-state index contributed by atoms with van der Waals surface area (Å²) < 4.78 is 85.9. The van der Waals surface area contributed by atoms with Crippen molar-refractivity contribution < 1.29 is 46.3 Å². The molecule has 1 saturated heterocycles. The summed E-state index contributed by atoms with van der Waals surface area (Å²) in [5.74, 6) is 0. The molecule has 8 rings (SSSR count). The SMILES string of the molecule is [CH3][Hf]1([CH3])[CH]2C(=Cc3c(-c4ccc(C(F)(F)F)cc4)cccc32)C2(CCCC2)C2=Cc3c(-c4ccc(C(F)(F)F)cc4)cccc3[CH]21. The molecule has 0 nitrogen and oxygen atoms in total. The topological polar surface area (TPSA) is 0 Å². The van der Waals surface area contributed by atoms with Gasteiger partial charge in [-0.1, -0.05) is 0 Å². The Morgan fingerprint density at radius 3 is 1.33 bits per heavy atom. The van der Waals surface area contributed by atoms with E-state index in [0.717, 1.165) is 59.1 Å². The molecule has 0 amide bonds. The molecule has 0 N–H and O–H groups in total. The van der Waals surface area contributed by atoms with Gasteiger partial charge in [0, 0.05) is 0 Å². The van der Waals surface area contributed by atoms with Crippen LogP contribution in [0.25, 0.3) is 34.4 Å². The molecule has 7 heteroatoms. The summed E-state index contributed by atoms with van der Waals surface area (Å²) in [7, 11) is 0. The third-order valence-electron chi connectivity index (χ3n) is 11.2. The second kappa shape index (κ2) is 10.2. The molecule has 1 aliphatic heterocycles. The summed E-state index contributed by atoms with van der Waals surface area (Å²) in [6.07, 6.45) is 0.439. The van der Waals surface area contributed by atoms with Crippen LogP contribution < -0.4 is 0 Å². The van der Waals surface area contributed by atoms with E-state index in [2.05, 4.69) is 45.8 Å². The minimum absolute atomic E-state index is 0.0856. The van der Waals surface area contributed by atoms with Crippen LogP contribution in [-0.4, -0.2) is 0 Å². The van der Waals surface area contributed by atoms with Crippen molar-refractivity contribution in [2.75, 3.05) is 0 Å². The van der Waals surface area contributed by atoms with Gasteiger partial charge in [-0.25, -0.2) is 0 Å². The number of benzene rings is 4. The molecular formula is C39H32F6Hf. The van der Waals surface area contributed by atoms with Crippen LogP contribution in [0.2, 0.25) is 9.36 Å². The van der Waals surface area contributed by atoms with Gasteiger partial charge >= 0.3 is 270 Å². The zero-order valence-electron chi connectivity index (χ0n) is 25.5. The Bertz CT molecular complexity index is 1800. The van der Waals surface area contributed by atoms with E-state index in [1.807, 2.05) is 12.1 Å². The third kappa shape index (κ3) is 4.36. The van der Waals surface area contributed by atoms with Gasteiger partial charge in [-0.3, -0.25) is 0 Å². The van der Waals surface area contributed by atoms with Crippen molar-refractivity contribution in [3.63, 3.8) is 0 Å². The quantitative estimate of drug-likeness (QED) is 0.140. The van der Waals surface area contributed by atoms with Crippen molar-refractivity contribution in [1.82, 2.24) is 0 Å². The maximum atomic E-state index is 13.3. The van der Waals surface area contributed by atoms with Gasteiger partial charge in [0.05, 0.1) is 0 Å². The van der Waals surface area contributed by atoms with Gasteiger partial charge in [-0.05, 0) is 0 Å². The first-order valence-electron chi connectivity index (χ1n) is 15.9. The van der Waals surface area contributed by atoms with Crippen molar-refractivity contribution in [2.24, 2.45) is 5.41 Å². The molecule has 46 heavy (non-hydrogen) atoms. The Morgan fingerprint density at radius 2 is 0.957 bits per heavy atom. The van der Waals surface area contributed by atoms with Crippen LogP contribution in [0.5, 0.6) is 0 Å². The zero-order chi connectivity index (χ0) is 32.2. The molecule has 0 aromatic heterocycles. The third-order valence-corrected chi connectivity index (χ3v) is 26.4. The van der Waals surface area contributed by atoms with Gasteiger partial charge in [0.1, 0.15) is 0 Å². The number of fused-ring (bicyclic) bond motifs is 8. The number of rotatable bonds is 2. The Balaban J connectivity index is 1.28. The van der Waals surface area contributed by atoms with E-state index in [1.165, 1.54) is 46.5 Å². The second-order valence-electron chi connectivity index (χ2n) is 13.9. The first kappa shape index (κ1) is 30.2. The molecule has 1 saturated carbocycles. The van der Waals surface area contributed by atoms with Gasteiger partial charge < -0.3 is 0 Å². The molecular weight excluding hydrogens is 761 g/mol. The number of allylic oxidation sites excluding steroid dienone is 2. The summed E-state index contributed by atoms with van der Waals surface area (Å²) >= 11 is -3.37. The Labute approximate surface area is 269 Å². The second-order valence-corrected chi connectivity index (χ2v) is 31.2. The first-order valence-corrected chi connectivity index (χ1v) is 27.2. The molecule has 0 bridgehead atoms. The molecule has 4 aromatic rings. The summed E-state index contributed by atoms with van der Waals surface area (Å²) in [6, 6.07) is 23.7. The Morgan fingerprint density at radius 1 is 0.565 bits per heavy atom. The summed E-state index contributed by atoms with van der Waals surface area (Å²) in [4.78, 5) is 0. The molecule has 2 unspecified atom stereocenters. The van der Waals surface area contributed by atoms with Gasteiger partial charge in [0.15, 0.2) is 0 Å². The van der Waals surface area contributed by atoms with Crippen LogP contribution >= 0.6 is 0 Å². The van der Waals surface area contributed by atoms with Crippen molar-refractivity contribution in [2.45, 2.75) is 54.7 Å². The fourth-order valence-corrected chi connectivity index (χ4v) is 26.4. The number of halogens is 6. The predicted octanol–water partition coefficient (Wildman–Crippen LogP) is 12.5. The van der Waals surface area contributed by atoms with E-state index in [4.69, 9.17) is 0 Å². The van der Waals surface area contributed by atoms with Crippen molar-refractivity contribution in [1.29, 1.82) is 0 Å². The fourth-order valence-electron chi connectivity index (χ4n) is 9.31. The van der Waals surface area contributed by atoms with Crippen molar-refractivity contribution in [3.05, 3.63) is 129 Å². The molecule has 3 aliphatic carbocycles. The monoisotopic (exact) mass is 794 g/mol. The molecule has 1 spiro atoms. The Hall–Kier alpha value is -3.19. The summed E-state index contributed by atoms with van der Waals surface area (Å²) in [5, 5.41) is 0. The van der Waals surface area contributed by atoms with E-state index < -0.39 is 43.4 Å².